The molecular formula is C44H83NO3. The first kappa shape index (κ1) is 46.6. The highest BCUT2D eigenvalue weighted by atomic mass is 16.3. The van der Waals surface area contributed by atoms with Gasteiger partial charge in [-0.15, -0.1) is 0 Å². The Hall–Kier alpha value is -1.39. The summed E-state index contributed by atoms with van der Waals surface area (Å²) in [5, 5.41) is 22.9. The van der Waals surface area contributed by atoms with Crippen LogP contribution >= 0.6 is 0 Å². The molecule has 282 valence electrons. The van der Waals surface area contributed by atoms with E-state index in [4.69, 9.17) is 0 Å². The summed E-state index contributed by atoms with van der Waals surface area (Å²) in [5.41, 5.74) is 0. The molecule has 0 aliphatic rings. The minimum Gasteiger partial charge on any atom is -0.394 e. The molecule has 0 aromatic rings. The van der Waals surface area contributed by atoms with Crippen molar-refractivity contribution in [2.75, 3.05) is 6.61 Å². The second kappa shape index (κ2) is 40.0. The van der Waals surface area contributed by atoms with Gasteiger partial charge in [0.15, 0.2) is 0 Å². The molecule has 2 atom stereocenters. The molecule has 0 aromatic carbocycles. The fourth-order valence-electron chi connectivity index (χ4n) is 6.31. The average Bonchev–Trinajstić information content (AvgIpc) is 3.09. The number of unbranched alkanes of at least 4 members (excludes halogenated alkanes) is 27. The Morgan fingerprint density at radius 3 is 1.21 bits per heavy atom. The van der Waals surface area contributed by atoms with E-state index in [0.29, 0.717) is 6.42 Å². The SMILES string of the molecule is CCCCCCCCC/C=C/CC/C=C/C(O)C(CO)NC(=O)CCCCCCCCCCCCC/C=C\CCCCCCCCCC. The molecule has 0 aromatic heterocycles. The van der Waals surface area contributed by atoms with E-state index in [1.54, 1.807) is 6.08 Å². The Morgan fingerprint density at radius 2 is 0.812 bits per heavy atom. The van der Waals surface area contributed by atoms with Crippen LogP contribution in [0.1, 0.15) is 219 Å². The Kier molecular flexibility index (Phi) is 38.9. The number of carbonyl (C=O) groups is 1. The number of aliphatic hydroxyl groups is 2. The Balaban J connectivity index is 3.56. The summed E-state index contributed by atoms with van der Waals surface area (Å²) >= 11 is 0. The quantitative estimate of drug-likeness (QED) is 0.0451. The second-order valence-electron chi connectivity index (χ2n) is 14.4. The standard InChI is InChI=1S/C44H83NO3/c1-3-5-7-9-11-13-15-17-18-19-20-21-22-23-24-25-26-28-30-32-34-36-38-40-44(48)45-42(41-46)43(47)39-37-35-33-31-29-27-16-14-12-10-8-6-4-2/h19-20,29,31,37,39,42-43,46-47H,3-18,21-28,30,32-36,38,40-41H2,1-2H3,(H,45,48)/b20-19-,31-29+,39-37+. The van der Waals surface area contributed by atoms with E-state index in [0.717, 1.165) is 32.1 Å². The third kappa shape index (κ3) is 35.9. The maximum atomic E-state index is 12.4. The summed E-state index contributed by atoms with van der Waals surface area (Å²) in [6.45, 7) is 4.29. The molecule has 0 saturated heterocycles. The summed E-state index contributed by atoms with van der Waals surface area (Å²) in [6, 6.07) is -0.636. The van der Waals surface area contributed by atoms with Crippen molar-refractivity contribution in [2.24, 2.45) is 0 Å². The molecule has 0 spiro atoms. The van der Waals surface area contributed by atoms with E-state index in [1.807, 2.05) is 6.08 Å². The summed E-state index contributed by atoms with van der Waals surface area (Å²) < 4.78 is 0. The summed E-state index contributed by atoms with van der Waals surface area (Å²) in [7, 11) is 0. The van der Waals surface area contributed by atoms with Crippen molar-refractivity contribution >= 4 is 5.91 Å². The van der Waals surface area contributed by atoms with E-state index in [2.05, 4.69) is 43.5 Å². The number of aliphatic hydroxyl groups excluding tert-OH is 2. The van der Waals surface area contributed by atoms with Crippen molar-refractivity contribution in [3.63, 3.8) is 0 Å². The highest BCUT2D eigenvalue weighted by Crippen LogP contribution is 2.14. The molecule has 0 radical (unpaired) electrons. The first-order valence-corrected chi connectivity index (χ1v) is 21.2. The second-order valence-corrected chi connectivity index (χ2v) is 14.4. The lowest BCUT2D eigenvalue weighted by atomic mass is 10.0. The van der Waals surface area contributed by atoms with Gasteiger partial charge >= 0.3 is 0 Å². The van der Waals surface area contributed by atoms with Crippen LogP contribution in [-0.4, -0.2) is 34.9 Å². The molecule has 0 rings (SSSR count). The molecule has 0 aliphatic carbocycles. The highest BCUT2D eigenvalue weighted by Gasteiger charge is 2.17. The third-order valence-electron chi connectivity index (χ3n) is 9.60. The third-order valence-corrected chi connectivity index (χ3v) is 9.60. The van der Waals surface area contributed by atoms with Crippen molar-refractivity contribution in [3.05, 3.63) is 36.5 Å². The molecule has 0 heterocycles. The maximum Gasteiger partial charge on any atom is 0.220 e. The summed E-state index contributed by atoms with van der Waals surface area (Å²) in [4.78, 5) is 12.4. The van der Waals surface area contributed by atoms with E-state index in [1.165, 1.54) is 167 Å². The lowest BCUT2D eigenvalue weighted by molar-refractivity contribution is -0.123. The molecule has 4 nitrogen and oxygen atoms in total. The zero-order chi connectivity index (χ0) is 35.0. The van der Waals surface area contributed by atoms with Gasteiger partial charge in [-0.3, -0.25) is 4.79 Å². The smallest absolute Gasteiger partial charge is 0.220 e. The van der Waals surface area contributed by atoms with Gasteiger partial charge in [0.25, 0.3) is 0 Å². The zero-order valence-electron chi connectivity index (χ0n) is 32.3. The van der Waals surface area contributed by atoms with Gasteiger partial charge in [0.2, 0.25) is 5.91 Å². The van der Waals surface area contributed by atoms with Crippen LogP contribution in [0.5, 0.6) is 0 Å². The van der Waals surface area contributed by atoms with Crippen LogP contribution in [-0.2, 0) is 4.79 Å². The van der Waals surface area contributed by atoms with Gasteiger partial charge in [0.05, 0.1) is 18.8 Å². The van der Waals surface area contributed by atoms with E-state index in [9.17, 15) is 15.0 Å². The molecule has 4 heteroatoms. The van der Waals surface area contributed by atoms with Crippen LogP contribution < -0.4 is 5.32 Å². The number of allylic oxidation sites excluding steroid dienone is 5. The van der Waals surface area contributed by atoms with E-state index >= 15 is 0 Å². The van der Waals surface area contributed by atoms with Crippen molar-refractivity contribution in [3.8, 4) is 0 Å². The largest absolute Gasteiger partial charge is 0.394 e. The molecular weight excluding hydrogens is 590 g/mol. The fraction of sp³-hybridized carbons (Fsp3) is 0.841. The lowest BCUT2D eigenvalue weighted by Crippen LogP contribution is -2.45. The molecule has 0 bridgehead atoms. The van der Waals surface area contributed by atoms with Crippen LogP contribution in [0, 0.1) is 0 Å². The maximum absolute atomic E-state index is 12.4. The van der Waals surface area contributed by atoms with Crippen LogP contribution in [0.25, 0.3) is 0 Å². The van der Waals surface area contributed by atoms with Gasteiger partial charge in [0, 0.05) is 6.42 Å². The molecule has 0 fully saturated rings. The van der Waals surface area contributed by atoms with Crippen LogP contribution in [0.15, 0.2) is 36.5 Å². The van der Waals surface area contributed by atoms with Crippen molar-refractivity contribution in [1.29, 1.82) is 0 Å². The minimum absolute atomic E-state index is 0.0752. The Labute approximate surface area is 300 Å². The Bertz CT molecular complexity index is 731. The first-order valence-electron chi connectivity index (χ1n) is 21.2. The highest BCUT2D eigenvalue weighted by molar-refractivity contribution is 5.76. The fourth-order valence-corrected chi connectivity index (χ4v) is 6.31. The normalized spacial score (nSPS) is 13.3. The van der Waals surface area contributed by atoms with Crippen LogP contribution in [0.3, 0.4) is 0 Å². The number of amides is 1. The topological polar surface area (TPSA) is 69.6 Å². The molecule has 1 amide bonds. The summed E-state index contributed by atoms with van der Waals surface area (Å²) in [6.07, 6.45) is 52.5. The van der Waals surface area contributed by atoms with Crippen molar-refractivity contribution in [2.45, 2.75) is 231 Å². The van der Waals surface area contributed by atoms with Gasteiger partial charge in [0.1, 0.15) is 0 Å². The van der Waals surface area contributed by atoms with Gasteiger partial charge in [-0.2, -0.15) is 0 Å². The number of hydrogen-bond donors (Lipinski definition) is 3. The van der Waals surface area contributed by atoms with Gasteiger partial charge in [-0.1, -0.05) is 192 Å². The van der Waals surface area contributed by atoms with Crippen LogP contribution in [0.4, 0.5) is 0 Å². The number of hydrogen-bond acceptors (Lipinski definition) is 3. The molecule has 2 unspecified atom stereocenters. The monoisotopic (exact) mass is 674 g/mol. The molecule has 0 aliphatic heterocycles. The predicted molar refractivity (Wildman–Crippen MR) is 212 cm³/mol. The molecule has 3 N–H and O–H groups in total. The average molecular weight is 674 g/mol. The van der Waals surface area contributed by atoms with E-state index < -0.39 is 12.1 Å². The van der Waals surface area contributed by atoms with Crippen molar-refractivity contribution in [1.82, 2.24) is 5.32 Å². The van der Waals surface area contributed by atoms with Gasteiger partial charge in [-0.05, 0) is 57.8 Å². The minimum atomic E-state index is -0.859. The van der Waals surface area contributed by atoms with Gasteiger partial charge < -0.3 is 15.5 Å². The summed E-state index contributed by atoms with van der Waals surface area (Å²) in [5.74, 6) is -0.0752. The number of nitrogens with one attached hydrogen (secondary N) is 1. The van der Waals surface area contributed by atoms with Gasteiger partial charge in [-0.25, -0.2) is 0 Å². The van der Waals surface area contributed by atoms with Crippen molar-refractivity contribution < 1.29 is 15.0 Å². The predicted octanol–water partition coefficient (Wildman–Crippen LogP) is 13.0. The van der Waals surface area contributed by atoms with E-state index in [-0.39, 0.29) is 12.5 Å². The first-order chi connectivity index (χ1) is 23.7. The number of carbonyl (C=O) groups excluding carboxylic acids is 1. The zero-order valence-corrected chi connectivity index (χ0v) is 32.3. The lowest BCUT2D eigenvalue weighted by Gasteiger charge is -2.19. The molecule has 48 heavy (non-hydrogen) atoms. The Morgan fingerprint density at radius 1 is 0.479 bits per heavy atom. The van der Waals surface area contributed by atoms with Crippen LogP contribution in [0.2, 0.25) is 0 Å². The number of rotatable bonds is 38. The molecule has 0 saturated carbocycles.